The number of hydrogen-bond donors (Lipinski definition) is 1. The molecule has 0 fully saturated rings. The van der Waals surface area contributed by atoms with E-state index in [4.69, 9.17) is 5.73 Å². The quantitative estimate of drug-likeness (QED) is 0.752. The van der Waals surface area contributed by atoms with Gasteiger partial charge < -0.3 is 20.1 Å². The summed E-state index contributed by atoms with van der Waals surface area (Å²) in [5.41, 5.74) is 8.91. The lowest BCUT2D eigenvalue weighted by atomic mass is 10.2. The Labute approximate surface area is 158 Å². The van der Waals surface area contributed by atoms with Gasteiger partial charge in [-0.3, -0.25) is 9.59 Å². The third kappa shape index (κ3) is 3.76. The Morgan fingerprint density at radius 2 is 1.78 bits per heavy atom. The molecule has 7 heteroatoms. The molecule has 1 heterocycles. The first-order valence-electron chi connectivity index (χ1n) is 8.67. The van der Waals surface area contributed by atoms with Crippen molar-refractivity contribution < 1.29 is 9.59 Å². The highest BCUT2D eigenvalue weighted by atomic mass is 16.2. The number of aryl methyl sites for hydroxylation is 1. The van der Waals surface area contributed by atoms with Crippen LogP contribution >= 0.6 is 0 Å². The van der Waals surface area contributed by atoms with E-state index in [1.807, 2.05) is 41.0 Å². The second kappa shape index (κ2) is 7.49. The van der Waals surface area contributed by atoms with Crippen LogP contribution in [0.5, 0.6) is 0 Å². The highest BCUT2D eigenvalue weighted by Crippen LogP contribution is 2.25. The summed E-state index contributed by atoms with van der Waals surface area (Å²) in [7, 11) is 5.18. The zero-order chi connectivity index (χ0) is 19.6. The van der Waals surface area contributed by atoms with Gasteiger partial charge in [0.1, 0.15) is 0 Å². The highest BCUT2D eigenvalue weighted by Gasteiger charge is 2.16. The molecular weight excluding hydrogens is 342 g/mol. The van der Waals surface area contributed by atoms with Crippen LogP contribution in [-0.4, -0.2) is 47.4 Å². The van der Waals surface area contributed by atoms with Crippen molar-refractivity contribution in [2.45, 2.75) is 13.0 Å². The lowest BCUT2D eigenvalue weighted by molar-refractivity contribution is -0.128. The molecule has 0 aliphatic heterocycles. The monoisotopic (exact) mass is 365 g/mol. The minimum Gasteiger partial charge on any atom is -0.369 e. The van der Waals surface area contributed by atoms with Crippen molar-refractivity contribution in [3.8, 4) is 0 Å². The van der Waals surface area contributed by atoms with E-state index in [-0.39, 0.29) is 11.8 Å². The number of rotatable bonds is 5. The predicted octanol–water partition coefficient (Wildman–Crippen LogP) is 2.37. The number of nitrogens with zero attached hydrogens (tertiary/aromatic N) is 4. The molecule has 2 aromatic carbocycles. The van der Waals surface area contributed by atoms with Crippen LogP contribution in [0.25, 0.3) is 11.0 Å². The van der Waals surface area contributed by atoms with Crippen LogP contribution in [0.1, 0.15) is 16.8 Å². The van der Waals surface area contributed by atoms with Gasteiger partial charge in [-0.25, -0.2) is 4.98 Å². The first-order valence-corrected chi connectivity index (χ1v) is 8.67. The fraction of sp³-hybridized carbons (Fsp3) is 0.250. The van der Waals surface area contributed by atoms with Gasteiger partial charge in [0.05, 0.1) is 11.0 Å². The zero-order valence-corrected chi connectivity index (χ0v) is 15.7. The Morgan fingerprint density at radius 3 is 2.44 bits per heavy atom. The van der Waals surface area contributed by atoms with Crippen molar-refractivity contribution in [3.63, 3.8) is 0 Å². The molecule has 3 aromatic rings. The fourth-order valence-corrected chi connectivity index (χ4v) is 2.90. The first-order chi connectivity index (χ1) is 12.9. The number of carbonyl (C=O) groups is 2. The Kier molecular flexibility index (Phi) is 5.12. The molecule has 7 nitrogen and oxygen atoms in total. The lowest BCUT2D eigenvalue weighted by Gasteiger charge is -2.17. The van der Waals surface area contributed by atoms with Crippen LogP contribution in [0.15, 0.2) is 48.5 Å². The van der Waals surface area contributed by atoms with E-state index in [2.05, 4.69) is 4.98 Å². The van der Waals surface area contributed by atoms with Gasteiger partial charge in [0.15, 0.2) is 0 Å². The number of benzene rings is 2. The predicted molar refractivity (Wildman–Crippen MR) is 107 cm³/mol. The molecule has 0 saturated carbocycles. The van der Waals surface area contributed by atoms with Gasteiger partial charge in [0, 0.05) is 45.4 Å². The summed E-state index contributed by atoms with van der Waals surface area (Å²) in [4.78, 5) is 32.0. The summed E-state index contributed by atoms with van der Waals surface area (Å²) in [6.45, 7) is 0.456. The van der Waals surface area contributed by atoms with E-state index in [0.717, 1.165) is 11.2 Å². The average Bonchev–Trinajstić information content (AvgIpc) is 2.99. The largest absolute Gasteiger partial charge is 0.369 e. The minimum absolute atomic E-state index is 0.0288. The summed E-state index contributed by atoms with van der Waals surface area (Å²) in [6.07, 6.45) is 0.344. The number of aromatic nitrogens is 2. The number of hydrogen-bond acceptors (Lipinski definition) is 4. The van der Waals surface area contributed by atoms with Crippen LogP contribution in [-0.2, 0) is 11.3 Å². The second-order valence-corrected chi connectivity index (χ2v) is 6.56. The maximum absolute atomic E-state index is 12.6. The van der Waals surface area contributed by atoms with Gasteiger partial charge in [-0.1, -0.05) is 18.2 Å². The topological polar surface area (TPSA) is 84.5 Å². The maximum Gasteiger partial charge on any atom is 0.258 e. The molecule has 0 radical (unpaired) electrons. The molecule has 0 aliphatic carbocycles. The van der Waals surface area contributed by atoms with E-state index in [1.54, 1.807) is 43.1 Å². The molecule has 27 heavy (non-hydrogen) atoms. The molecule has 0 atom stereocenters. The minimum atomic E-state index is -0.0982. The summed E-state index contributed by atoms with van der Waals surface area (Å²) >= 11 is 0. The van der Waals surface area contributed by atoms with Gasteiger partial charge in [-0.15, -0.1) is 0 Å². The molecule has 0 unspecified atom stereocenters. The molecule has 140 valence electrons. The summed E-state index contributed by atoms with van der Waals surface area (Å²) in [5, 5.41) is 0. The number of imidazole rings is 1. The number of amides is 2. The third-order valence-corrected chi connectivity index (χ3v) is 4.52. The molecule has 0 spiro atoms. The third-order valence-electron chi connectivity index (χ3n) is 4.52. The Bertz CT molecular complexity index is 979. The van der Waals surface area contributed by atoms with Crippen LogP contribution in [0.3, 0.4) is 0 Å². The molecule has 0 bridgehead atoms. The van der Waals surface area contributed by atoms with Crippen molar-refractivity contribution >= 4 is 34.5 Å². The maximum atomic E-state index is 12.6. The molecule has 1 aromatic heterocycles. The van der Waals surface area contributed by atoms with E-state index in [1.165, 1.54) is 0 Å². The molecular formula is C20H23N5O2. The zero-order valence-electron chi connectivity index (χ0n) is 15.7. The SMILES string of the molecule is CN(C)C(=O)CCn1c(N)nc2cc(N(C)C(=O)c3ccccc3)ccc21. The fourth-order valence-electron chi connectivity index (χ4n) is 2.90. The van der Waals surface area contributed by atoms with Crippen molar-refractivity contribution in [3.05, 3.63) is 54.1 Å². The van der Waals surface area contributed by atoms with Gasteiger partial charge in [-0.05, 0) is 30.3 Å². The highest BCUT2D eigenvalue weighted by molar-refractivity contribution is 6.06. The molecule has 3 rings (SSSR count). The van der Waals surface area contributed by atoms with Crippen LogP contribution in [0, 0.1) is 0 Å². The number of nitrogen functional groups attached to an aromatic ring is 1. The van der Waals surface area contributed by atoms with Crippen molar-refractivity contribution in [1.29, 1.82) is 0 Å². The molecule has 0 aliphatic rings. The van der Waals surface area contributed by atoms with E-state index >= 15 is 0 Å². The number of fused-ring (bicyclic) bond motifs is 1. The normalized spacial score (nSPS) is 10.8. The Balaban J connectivity index is 1.86. The number of anilines is 2. The Hall–Kier alpha value is -3.35. The summed E-state index contributed by atoms with van der Waals surface area (Å²) in [5.74, 6) is 0.283. The average molecular weight is 365 g/mol. The van der Waals surface area contributed by atoms with Gasteiger partial charge in [-0.2, -0.15) is 0 Å². The van der Waals surface area contributed by atoms with E-state index in [0.29, 0.717) is 30.0 Å². The molecule has 2 amide bonds. The summed E-state index contributed by atoms with van der Waals surface area (Å²) < 4.78 is 1.82. The number of carbonyl (C=O) groups excluding carboxylic acids is 2. The van der Waals surface area contributed by atoms with Gasteiger partial charge in [0.25, 0.3) is 5.91 Å². The van der Waals surface area contributed by atoms with E-state index in [9.17, 15) is 9.59 Å². The second-order valence-electron chi connectivity index (χ2n) is 6.56. The first kappa shape index (κ1) is 18.4. The molecule has 2 N–H and O–H groups in total. The van der Waals surface area contributed by atoms with Gasteiger partial charge in [0.2, 0.25) is 11.9 Å². The van der Waals surface area contributed by atoms with E-state index < -0.39 is 0 Å². The number of nitrogens with two attached hydrogens (primary N) is 1. The van der Waals surface area contributed by atoms with Crippen LogP contribution in [0.2, 0.25) is 0 Å². The van der Waals surface area contributed by atoms with Crippen LogP contribution in [0.4, 0.5) is 11.6 Å². The van der Waals surface area contributed by atoms with Crippen molar-refractivity contribution in [2.24, 2.45) is 0 Å². The Morgan fingerprint density at radius 1 is 1.07 bits per heavy atom. The molecule has 0 saturated heterocycles. The smallest absolute Gasteiger partial charge is 0.258 e. The van der Waals surface area contributed by atoms with Gasteiger partial charge >= 0.3 is 0 Å². The standard InChI is InChI=1S/C20H23N5O2/c1-23(2)18(26)11-12-25-17-10-9-15(13-16(17)22-20(25)21)24(3)19(27)14-7-5-4-6-8-14/h4-10,13H,11-12H2,1-3H3,(H2,21,22). The summed E-state index contributed by atoms with van der Waals surface area (Å²) in [6, 6.07) is 14.7. The van der Waals surface area contributed by atoms with Crippen molar-refractivity contribution in [1.82, 2.24) is 14.5 Å². The lowest BCUT2D eigenvalue weighted by Crippen LogP contribution is -2.26. The van der Waals surface area contributed by atoms with Crippen LogP contribution < -0.4 is 10.6 Å². The van der Waals surface area contributed by atoms with Crippen molar-refractivity contribution in [2.75, 3.05) is 31.8 Å².